The van der Waals surface area contributed by atoms with Crippen molar-refractivity contribution in [2.75, 3.05) is 0 Å². The van der Waals surface area contributed by atoms with Gasteiger partial charge in [-0.1, -0.05) is 18.2 Å². The standard InChI is InChI=1S/C15H13FO2/c1-9-3-5-12(14(16)7-9)11-4-6-15(18)13(8-11)10(2)17/h3-8,18H,1-2H3. The largest absolute Gasteiger partial charge is 0.507 e. The van der Waals surface area contributed by atoms with E-state index in [4.69, 9.17) is 0 Å². The number of hydrogen-bond acceptors (Lipinski definition) is 2. The molecule has 92 valence electrons. The Kier molecular flexibility index (Phi) is 3.15. The van der Waals surface area contributed by atoms with Crippen LogP contribution in [0.3, 0.4) is 0 Å². The Labute approximate surface area is 105 Å². The second-order valence-electron chi connectivity index (χ2n) is 4.27. The third-order valence-corrected chi connectivity index (χ3v) is 2.81. The number of benzene rings is 2. The molecule has 0 aliphatic carbocycles. The summed E-state index contributed by atoms with van der Waals surface area (Å²) in [5.41, 5.74) is 2.04. The van der Waals surface area contributed by atoms with Gasteiger partial charge in [-0.15, -0.1) is 0 Å². The number of carbonyl (C=O) groups excluding carboxylic acids is 1. The van der Waals surface area contributed by atoms with Crippen molar-refractivity contribution >= 4 is 5.78 Å². The van der Waals surface area contributed by atoms with Crippen LogP contribution in [0.2, 0.25) is 0 Å². The molecule has 0 spiro atoms. The van der Waals surface area contributed by atoms with E-state index in [9.17, 15) is 14.3 Å². The Morgan fingerprint density at radius 1 is 1.17 bits per heavy atom. The molecule has 0 saturated carbocycles. The number of ketones is 1. The van der Waals surface area contributed by atoms with Crippen LogP contribution in [0.5, 0.6) is 5.75 Å². The summed E-state index contributed by atoms with van der Waals surface area (Å²) in [6, 6.07) is 9.42. The topological polar surface area (TPSA) is 37.3 Å². The number of carbonyl (C=O) groups is 1. The molecule has 0 radical (unpaired) electrons. The summed E-state index contributed by atoms with van der Waals surface area (Å²) in [5.74, 6) is -0.671. The summed E-state index contributed by atoms with van der Waals surface area (Å²) in [6.07, 6.45) is 0. The molecule has 0 atom stereocenters. The normalized spacial score (nSPS) is 10.4. The van der Waals surface area contributed by atoms with Crippen molar-refractivity contribution in [3.8, 4) is 16.9 Å². The quantitative estimate of drug-likeness (QED) is 0.818. The fraction of sp³-hybridized carbons (Fsp3) is 0.133. The third kappa shape index (κ3) is 2.25. The Bertz CT molecular complexity index is 618. The second kappa shape index (κ2) is 4.61. The SMILES string of the molecule is CC(=O)c1cc(-c2ccc(C)cc2F)ccc1O. The van der Waals surface area contributed by atoms with Gasteiger partial charge in [0.1, 0.15) is 11.6 Å². The third-order valence-electron chi connectivity index (χ3n) is 2.81. The smallest absolute Gasteiger partial charge is 0.163 e. The summed E-state index contributed by atoms with van der Waals surface area (Å²) >= 11 is 0. The first kappa shape index (κ1) is 12.3. The van der Waals surface area contributed by atoms with Gasteiger partial charge in [0.05, 0.1) is 5.56 Å². The molecule has 18 heavy (non-hydrogen) atoms. The molecule has 0 saturated heterocycles. The van der Waals surface area contributed by atoms with E-state index in [0.717, 1.165) is 5.56 Å². The zero-order valence-electron chi connectivity index (χ0n) is 10.2. The van der Waals surface area contributed by atoms with E-state index >= 15 is 0 Å². The average Bonchev–Trinajstić information content (AvgIpc) is 2.30. The van der Waals surface area contributed by atoms with Crippen molar-refractivity contribution in [3.05, 3.63) is 53.3 Å². The lowest BCUT2D eigenvalue weighted by Crippen LogP contribution is -1.94. The molecule has 0 aromatic heterocycles. The number of aryl methyl sites for hydroxylation is 1. The molecule has 2 rings (SSSR count). The minimum Gasteiger partial charge on any atom is -0.507 e. The van der Waals surface area contributed by atoms with Crippen LogP contribution in [-0.2, 0) is 0 Å². The van der Waals surface area contributed by atoms with Gasteiger partial charge in [0.25, 0.3) is 0 Å². The molecule has 0 unspecified atom stereocenters. The Morgan fingerprint density at radius 3 is 2.50 bits per heavy atom. The predicted molar refractivity (Wildman–Crippen MR) is 68.2 cm³/mol. The van der Waals surface area contributed by atoms with Crippen LogP contribution in [0.4, 0.5) is 4.39 Å². The van der Waals surface area contributed by atoms with Gasteiger partial charge >= 0.3 is 0 Å². The fourth-order valence-corrected chi connectivity index (χ4v) is 1.84. The molecule has 2 aromatic rings. The van der Waals surface area contributed by atoms with Gasteiger partial charge < -0.3 is 5.11 Å². The average molecular weight is 244 g/mol. The van der Waals surface area contributed by atoms with Gasteiger partial charge in [0, 0.05) is 5.56 Å². The zero-order valence-corrected chi connectivity index (χ0v) is 10.2. The number of rotatable bonds is 2. The summed E-state index contributed by atoms with van der Waals surface area (Å²) in [6.45, 7) is 3.18. The van der Waals surface area contributed by atoms with Crippen LogP contribution in [-0.4, -0.2) is 10.9 Å². The molecule has 2 nitrogen and oxygen atoms in total. The van der Waals surface area contributed by atoms with E-state index in [0.29, 0.717) is 11.1 Å². The summed E-state index contributed by atoms with van der Waals surface area (Å²) in [4.78, 5) is 11.3. The first-order valence-electron chi connectivity index (χ1n) is 5.59. The van der Waals surface area contributed by atoms with Crippen LogP contribution in [0.15, 0.2) is 36.4 Å². The molecule has 0 fully saturated rings. The Hall–Kier alpha value is -2.16. The van der Waals surface area contributed by atoms with Gasteiger partial charge in [-0.05, 0) is 43.2 Å². The highest BCUT2D eigenvalue weighted by atomic mass is 19.1. The van der Waals surface area contributed by atoms with Gasteiger partial charge in [0.2, 0.25) is 0 Å². The highest BCUT2D eigenvalue weighted by molar-refractivity contribution is 5.98. The van der Waals surface area contributed by atoms with E-state index in [1.54, 1.807) is 18.2 Å². The number of phenols is 1. The number of aromatic hydroxyl groups is 1. The zero-order chi connectivity index (χ0) is 13.3. The van der Waals surface area contributed by atoms with E-state index in [1.807, 2.05) is 6.92 Å². The Balaban J connectivity index is 2.58. The van der Waals surface area contributed by atoms with Crippen molar-refractivity contribution in [1.82, 2.24) is 0 Å². The lowest BCUT2D eigenvalue weighted by atomic mass is 9.99. The summed E-state index contributed by atoms with van der Waals surface area (Å²) in [5, 5.41) is 9.55. The molecule has 0 aliphatic heterocycles. The molecule has 2 aromatic carbocycles. The molecule has 0 heterocycles. The lowest BCUT2D eigenvalue weighted by Gasteiger charge is -2.07. The van der Waals surface area contributed by atoms with Crippen molar-refractivity contribution in [2.24, 2.45) is 0 Å². The van der Waals surface area contributed by atoms with E-state index in [2.05, 4.69) is 0 Å². The maximum Gasteiger partial charge on any atom is 0.163 e. The maximum atomic E-state index is 13.8. The molecule has 0 aliphatic rings. The molecule has 0 bridgehead atoms. The first-order valence-corrected chi connectivity index (χ1v) is 5.59. The van der Waals surface area contributed by atoms with E-state index < -0.39 is 0 Å². The molecule has 0 amide bonds. The number of halogens is 1. The summed E-state index contributed by atoms with van der Waals surface area (Å²) in [7, 11) is 0. The molecule has 3 heteroatoms. The van der Waals surface area contributed by atoms with Crippen LogP contribution < -0.4 is 0 Å². The maximum absolute atomic E-state index is 13.8. The minimum atomic E-state index is -0.338. The van der Waals surface area contributed by atoms with Crippen LogP contribution >= 0.6 is 0 Å². The van der Waals surface area contributed by atoms with Crippen molar-refractivity contribution in [1.29, 1.82) is 0 Å². The second-order valence-corrected chi connectivity index (χ2v) is 4.27. The number of Topliss-reactive ketones (excluding diaryl/α,β-unsaturated/α-hetero) is 1. The van der Waals surface area contributed by atoms with E-state index in [-0.39, 0.29) is 22.9 Å². The highest BCUT2D eigenvalue weighted by Crippen LogP contribution is 2.28. The Morgan fingerprint density at radius 2 is 1.89 bits per heavy atom. The van der Waals surface area contributed by atoms with Crippen molar-refractivity contribution < 1.29 is 14.3 Å². The van der Waals surface area contributed by atoms with Crippen LogP contribution in [0, 0.1) is 12.7 Å². The van der Waals surface area contributed by atoms with Crippen LogP contribution in [0.1, 0.15) is 22.8 Å². The number of phenolic OH excluding ortho intramolecular Hbond substituents is 1. The number of hydrogen-bond donors (Lipinski definition) is 1. The molecule has 1 N–H and O–H groups in total. The van der Waals surface area contributed by atoms with Gasteiger partial charge in [-0.3, -0.25) is 4.79 Å². The van der Waals surface area contributed by atoms with Crippen molar-refractivity contribution in [2.45, 2.75) is 13.8 Å². The first-order chi connectivity index (χ1) is 8.49. The minimum absolute atomic E-state index is 0.0845. The van der Waals surface area contributed by atoms with Crippen LogP contribution in [0.25, 0.3) is 11.1 Å². The van der Waals surface area contributed by atoms with E-state index in [1.165, 1.54) is 25.1 Å². The van der Waals surface area contributed by atoms with Crippen molar-refractivity contribution in [3.63, 3.8) is 0 Å². The summed E-state index contributed by atoms with van der Waals surface area (Å²) < 4.78 is 13.8. The predicted octanol–water partition coefficient (Wildman–Crippen LogP) is 3.71. The monoisotopic (exact) mass is 244 g/mol. The van der Waals surface area contributed by atoms with Gasteiger partial charge in [0.15, 0.2) is 5.78 Å². The molecular weight excluding hydrogens is 231 g/mol. The fourth-order valence-electron chi connectivity index (χ4n) is 1.84. The van der Waals surface area contributed by atoms with Gasteiger partial charge in [-0.2, -0.15) is 0 Å². The molecular formula is C15H13FO2. The highest BCUT2D eigenvalue weighted by Gasteiger charge is 2.11. The van der Waals surface area contributed by atoms with Gasteiger partial charge in [-0.25, -0.2) is 4.39 Å². The lowest BCUT2D eigenvalue weighted by molar-refractivity contribution is 0.101.